The molecule has 3 aromatic rings. The van der Waals surface area contributed by atoms with Crippen molar-refractivity contribution in [2.24, 2.45) is 0 Å². The molecule has 0 saturated carbocycles. The van der Waals surface area contributed by atoms with Gasteiger partial charge in [0.25, 0.3) is 0 Å². The second-order valence-corrected chi connectivity index (χ2v) is 9.65. The van der Waals surface area contributed by atoms with E-state index in [1.807, 2.05) is 61.6 Å². The summed E-state index contributed by atoms with van der Waals surface area (Å²) in [5, 5.41) is 19.0. The maximum absolute atomic E-state index is 12.5. The number of aryl methyl sites for hydroxylation is 1. The second kappa shape index (κ2) is 12.7. The van der Waals surface area contributed by atoms with E-state index in [0.717, 1.165) is 22.5 Å². The first-order chi connectivity index (χ1) is 17.2. The summed E-state index contributed by atoms with van der Waals surface area (Å²) in [5.41, 5.74) is 10.3. The monoisotopic (exact) mass is 504 g/mol. The summed E-state index contributed by atoms with van der Waals surface area (Å²) in [6, 6.07) is 14.4. The Balaban J connectivity index is 1.66. The minimum atomic E-state index is -0.271. The van der Waals surface area contributed by atoms with Crippen LogP contribution in [0.3, 0.4) is 0 Å². The Morgan fingerprint density at radius 3 is 2.64 bits per heavy atom. The van der Waals surface area contributed by atoms with Gasteiger partial charge >= 0.3 is 6.03 Å². The van der Waals surface area contributed by atoms with Crippen LogP contribution in [0.2, 0.25) is 0 Å². The van der Waals surface area contributed by atoms with E-state index in [0.29, 0.717) is 35.6 Å². The Bertz CT molecular complexity index is 1250. The van der Waals surface area contributed by atoms with E-state index in [1.54, 1.807) is 30.4 Å². The molecule has 3 amide bonds. The number of thiophene rings is 1. The first-order valence-electron chi connectivity index (χ1n) is 11.5. The van der Waals surface area contributed by atoms with Crippen molar-refractivity contribution in [3.8, 4) is 0 Å². The first-order valence-corrected chi connectivity index (χ1v) is 12.4. The van der Waals surface area contributed by atoms with Crippen molar-refractivity contribution >= 4 is 52.1 Å². The standard InChI is InChI=1S/C27H32N6O2S/c1-18-14-24(29)22(17-25(18)32-26(34)16-21-8-5-13-36-21)23(28)10-9-19-6-4-7-20(15-19)31-27(35)30-11-12-33(2)3/h4-10,13-15,17,28H,11-12,16,29H2,1-3H3,(H,32,34)(H2,30,31,35)/b10-9+,28-23?. The zero-order valence-electron chi connectivity index (χ0n) is 20.7. The SMILES string of the molecule is Cc1cc(N)c(C(=N)/C=C/c2cccc(NC(=O)NCCN(C)C)c2)cc1NC(=O)Cc1cccs1. The number of allylic oxidation sites excluding steroid dienone is 1. The van der Waals surface area contributed by atoms with Crippen LogP contribution >= 0.6 is 11.3 Å². The lowest BCUT2D eigenvalue weighted by Gasteiger charge is -2.13. The van der Waals surface area contributed by atoms with Gasteiger partial charge in [0.2, 0.25) is 5.91 Å². The van der Waals surface area contributed by atoms with Crippen molar-refractivity contribution in [2.75, 3.05) is 43.6 Å². The molecule has 2 aromatic carbocycles. The zero-order valence-corrected chi connectivity index (χ0v) is 21.5. The topological polar surface area (TPSA) is 123 Å². The van der Waals surface area contributed by atoms with E-state index < -0.39 is 0 Å². The van der Waals surface area contributed by atoms with Crippen molar-refractivity contribution in [1.82, 2.24) is 10.2 Å². The number of rotatable bonds is 10. The van der Waals surface area contributed by atoms with Gasteiger partial charge in [-0.25, -0.2) is 4.79 Å². The molecule has 0 aliphatic rings. The van der Waals surface area contributed by atoms with E-state index in [1.165, 1.54) is 11.3 Å². The largest absolute Gasteiger partial charge is 0.398 e. The molecule has 0 spiro atoms. The lowest BCUT2D eigenvalue weighted by molar-refractivity contribution is -0.115. The Hall–Kier alpha value is -3.95. The molecular formula is C27H32N6O2S. The molecule has 0 aliphatic heterocycles. The maximum atomic E-state index is 12.5. The minimum absolute atomic E-state index is 0.117. The quantitative estimate of drug-likeness (QED) is 0.205. The van der Waals surface area contributed by atoms with Gasteiger partial charge in [-0.05, 0) is 73.9 Å². The zero-order chi connectivity index (χ0) is 26.1. The number of anilines is 3. The van der Waals surface area contributed by atoms with Crippen molar-refractivity contribution < 1.29 is 9.59 Å². The van der Waals surface area contributed by atoms with Gasteiger partial charge in [0.15, 0.2) is 0 Å². The van der Waals surface area contributed by atoms with E-state index in [-0.39, 0.29) is 17.6 Å². The summed E-state index contributed by atoms with van der Waals surface area (Å²) < 4.78 is 0. The van der Waals surface area contributed by atoms with Gasteiger partial charge in [0.05, 0.1) is 12.1 Å². The second-order valence-electron chi connectivity index (χ2n) is 8.62. The van der Waals surface area contributed by atoms with Gasteiger partial charge < -0.3 is 32.0 Å². The van der Waals surface area contributed by atoms with Gasteiger partial charge in [-0.15, -0.1) is 11.3 Å². The van der Waals surface area contributed by atoms with Crippen LogP contribution in [-0.2, 0) is 11.2 Å². The van der Waals surface area contributed by atoms with Crippen molar-refractivity contribution in [1.29, 1.82) is 5.41 Å². The number of carbonyl (C=O) groups is 2. The minimum Gasteiger partial charge on any atom is -0.398 e. The highest BCUT2D eigenvalue weighted by atomic mass is 32.1. The van der Waals surface area contributed by atoms with E-state index >= 15 is 0 Å². The third-order valence-electron chi connectivity index (χ3n) is 5.31. The molecule has 0 fully saturated rings. The number of benzene rings is 2. The summed E-state index contributed by atoms with van der Waals surface area (Å²) >= 11 is 1.54. The lowest BCUT2D eigenvalue weighted by atomic mass is 10.0. The number of nitrogens with zero attached hydrogens (tertiary/aromatic N) is 1. The predicted octanol–water partition coefficient (Wildman–Crippen LogP) is 4.58. The predicted molar refractivity (Wildman–Crippen MR) is 150 cm³/mol. The summed E-state index contributed by atoms with van der Waals surface area (Å²) in [6.45, 7) is 3.17. The van der Waals surface area contributed by atoms with Crippen LogP contribution in [0.5, 0.6) is 0 Å². The molecule has 0 saturated heterocycles. The highest BCUT2D eigenvalue weighted by Crippen LogP contribution is 2.24. The maximum Gasteiger partial charge on any atom is 0.319 e. The molecular weight excluding hydrogens is 472 g/mol. The average Bonchev–Trinajstić information content (AvgIpc) is 3.32. The lowest BCUT2D eigenvalue weighted by Crippen LogP contribution is -2.34. The van der Waals surface area contributed by atoms with E-state index in [9.17, 15) is 9.59 Å². The molecule has 188 valence electrons. The molecule has 9 heteroatoms. The molecule has 0 unspecified atom stereocenters. The Morgan fingerprint density at radius 2 is 1.92 bits per heavy atom. The summed E-state index contributed by atoms with van der Waals surface area (Å²) in [4.78, 5) is 27.5. The molecule has 0 radical (unpaired) electrons. The number of hydrogen-bond donors (Lipinski definition) is 5. The molecule has 3 rings (SSSR count). The molecule has 36 heavy (non-hydrogen) atoms. The Labute approximate surface area is 215 Å². The smallest absolute Gasteiger partial charge is 0.319 e. The van der Waals surface area contributed by atoms with Crippen LogP contribution in [0.15, 0.2) is 60.0 Å². The van der Waals surface area contributed by atoms with Gasteiger partial charge in [-0.3, -0.25) is 4.79 Å². The number of nitrogen functional groups attached to an aromatic ring is 1. The van der Waals surface area contributed by atoms with Crippen LogP contribution in [-0.4, -0.2) is 49.7 Å². The molecule has 1 aromatic heterocycles. The van der Waals surface area contributed by atoms with Gasteiger partial charge in [0.1, 0.15) is 0 Å². The van der Waals surface area contributed by atoms with E-state index in [4.69, 9.17) is 11.1 Å². The molecule has 0 bridgehead atoms. The number of nitrogens with two attached hydrogens (primary N) is 1. The summed E-state index contributed by atoms with van der Waals surface area (Å²) in [6.07, 6.45) is 3.73. The van der Waals surface area contributed by atoms with Crippen molar-refractivity contribution in [3.63, 3.8) is 0 Å². The average molecular weight is 505 g/mol. The molecule has 0 aliphatic carbocycles. The number of hydrogen-bond acceptors (Lipinski definition) is 6. The first kappa shape index (κ1) is 26.7. The third kappa shape index (κ3) is 8.07. The highest BCUT2D eigenvalue weighted by Gasteiger charge is 2.12. The number of nitrogens with one attached hydrogen (secondary N) is 4. The van der Waals surface area contributed by atoms with Crippen LogP contribution in [0.25, 0.3) is 6.08 Å². The van der Waals surface area contributed by atoms with Crippen LogP contribution < -0.4 is 21.7 Å². The summed E-state index contributed by atoms with van der Waals surface area (Å²) in [7, 11) is 3.89. The molecule has 8 nitrogen and oxygen atoms in total. The van der Waals surface area contributed by atoms with Crippen LogP contribution in [0.4, 0.5) is 21.9 Å². The fourth-order valence-electron chi connectivity index (χ4n) is 3.42. The normalized spacial score (nSPS) is 11.0. The van der Waals surface area contributed by atoms with Crippen molar-refractivity contribution in [2.45, 2.75) is 13.3 Å². The molecule has 0 atom stereocenters. The number of carbonyl (C=O) groups excluding carboxylic acids is 2. The third-order valence-corrected chi connectivity index (χ3v) is 6.18. The van der Waals surface area contributed by atoms with Crippen molar-refractivity contribution in [3.05, 3.63) is 81.6 Å². The van der Waals surface area contributed by atoms with Gasteiger partial charge in [-0.2, -0.15) is 0 Å². The number of amides is 3. The fourth-order valence-corrected chi connectivity index (χ4v) is 4.13. The Morgan fingerprint density at radius 1 is 1.11 bits per heavy atom. The number of urea groups is 1. The molecule has 6 N–H and O–H groups in total. The van der Waals surface area contributed by atoms with Gasteiger partial charge in [-0.1, -0.05) is 24.3 Å². The summed E-state index contributed by atoms with van der Waals surface area (Å²) in [5.74, 6) is -0.117. The van der Waals surface area contributed by atoms with E-state index in [2.05, 4.69) is 16.0 Å². The fraction of sp³-hybridized carbons (Fsp3) is 0.222. The Kier molecular flexibility index (Phi) is 9.38. The van der Waals surface area contributed by atoms with Crippen LogP contribution in [0.1, 0.15) is 21.6 Å². The van der Waals surface area contributed by atoms with Crippen LogP contribution in [0, 0.1) is 12.3 Å². The molecule has 1 heterocycles. The highest BCUT2D eigenvalue weighted by molar-refractivity contribution is 7.10. The van der Waals surface area contributed by atoms with Gasteiger partial charge in [0, 0.05) is 40.6 Å². The number of likely N-dealkylation sites (N-methyl/N-ethyl adjacent to an activating group) is 1.